The maximum atomic E-state index is 13.0. The van der Waals surface area contributed by atoms with Crippen LogP contribution in [0.2, 0.25) is 0 Å². The standard InChI is InChI=1S/C10H13F2N3/c11-10(12)4-2-9(13,3-5-10)8-14-6-1-7-15-8/h1,6-7H,2-5,13H2. The van der Waals surface area contributed by atoms with Crippen molar-refractivity contribution in [3.05, 3.63) is 24.3 Å². The SMILES string of the molecule is NC1(c2ncccn2)CCC(F)(F)CC1. The van der Waals surface area contributed by atoms with Crippen LogP contribution < -0.4 is 5.73 Å². The predicted octanol–water partition coefficient (Wildman–Crippen LogP) is 1.84. The molecule has 0 bridgehead atoms. The normalized spacial score (nSPS) is 23.7. The van der Waals surface area contributed by atoms with Crippen molar-refractivity contribution < 1.29 is 8.78 Å². The Hall–Kier alpha value is -1.10. The third-order valence-corrected chi connectivity index (χ3v) is 2.88. The molecule has 2 rings (SSSR count). The van der Waals surface area contributed by atoms with Gasteiger partial charge in [0.15, 0.2) is 0 Å². The molecule has 1 saturated carbocycles. The van der Waals surface area contributed by atoms with Gasteiger partial charge < -0.3 is 5.73 Å². The average molecular weight is 213 g/mol. The highest BCUT2D eigenvalue weighted by Gasteiger charge is 2.43. The minimum Gasteiger partial charge on any atom is -0.319 e. The minimum atomic E-state index is -2.57. The van der Waals surface area contributed by atoms with Crippen LogP contribution in [-0.2, 0) is 5.54 Å². The lowest BCUT2D eigenvalue weighted by Crippen LogP contribution is -2.44. The van der Waals surface area contributed by atoms with E-state index in [1.165, 1.54) is 0 Å². The van der Waals surface area contributed by atoms with E-state index < -0.39 is 11.5 Å². The van der Waals surface area contributed by atoms with Crippen molar-refractivity contribution in [1.82, 2.24) is 9.97 Å². The summed E-state index contributed by atoms with van der Waals surface area (Å²) in [5.41, 5.74) is 5.27. The summed E-state index contributed by atoms with van der Waals surface area (Å²) in [5, 5.41) is 0. The first-order chi connectivity index (χ1) is 7.02. The van der Waals surface area contributed by atoms with Gasteiger partial charge in [-0.3, -0.25) is 0 Å². The van der Waals surface area contributed by atoms with E-state index in [0.29, 0.717) is 5.82 Å². The van der Waals surface area contributed by atoms with Crippen LogP contribution in [0.5, 0.6) is 0 Å². The fourth-order valence-corrected chi connectivity index (χ4v) is 1.84. The number of alkyl halides is 2. The highest BCUT2D eigenvalue weighted by molar-refractivity contribution is 5.07. The number of aromatic nitrogens is 2. The Morgan fingerprint density at radius 1 is 1.07 bits per heavy atom. The second-order valence-electron chi connectivity index (χ2n) is 4.08. The average Bonchev–Trinajstić information content (AvgIpc) is 2.24. The molecular weight excluding hydrogens is 200 g/mol. The molecule has 1 fully saturated rings. The van der Waals surface area contributed by atoms with Crippen LogP contribution in [0.15, 0.2) is 18.5 Å². The van der Waals surface area contributed by atoms with Gasteiger partial charge in [-0.15, -0.1) is 0 Å². The molecule has 15 heavy (non-hydrogen) atoms. The number of halogens is 2. The number of nitrogens with two attached hydrogens (primary N) is 1. The molecule has 0 aromatic carbocycles. The first-order valence-corrected chi connectivity index (χ1v) is 4.96. The number of hydrogen-bond acceptors (Lipinski definition) is 3. The highest BCUT2D eigenvalue weighted by Crippen LogP contribution is 2.40. The lowest BCUT2D eigenvalue weighted by atomic mass is 9.80. The topological polar surface area (TPSA) is 51.8 Å². The van der Waals surface area contributed by atoms with Gasteiger partial charge in [0.2, 0.25) is 5.92 Å². The van der Waals surface area contributed by atoms with E-state index >= 15 is 0 Å². The van der Waals surface area contributed by atoms with Gasteiger partial charge in [0.05, 0.1) is 5.54 Å². The quantitative estimate of drug-likeness (QED) is 0.774. The number of nitrogens with zero attached hydrogens (tertiary/aromatic N) is 2. The minimum absolute atomic E-state index is 0.179. The fraction of sp³-hybridized carbons (Fsp3) is 0.600. The van der Waals surface area contributed by atoms with Crippen LogP contribution in [0.25, 0.3) is 0 Å². The van der Waals surface area contributed by atoms with E-state index in [2.05, 4.69) is 9.97 Å². The third-order valence-electron chi connectivity index (χ3n) is 2.88. The monoisotopic (exact) mass is 213 g/mol. The molecule has 0 spiro atoms. The molecule has 0 amide bonds. The van der Waals surface area contributed by atoms with E-state index in [9.17, 15) is 8.78 Å². The molecule has 0 atom stereocenters. The van der Waals surface area contributed by atoms with Gasteiger partial charge in [-0.05, 0) is 18.9 Å². The molecule has 0 aliphatic heterocycles. The van der Waals surface area contributed by atoms with Crippen LogP contribution in [0.1, 0.15) is 31.5 Å². The number of rotatable bonds is 1. The lowest BCUT2D eigenvalue weighted by Gasteiger charge is -2.35. The Bertz CT molecular complexity index is 330. The smallest absolute Gasteiger partial charge is 0.248 e. The van der Waals surface area contributed by atoms with E-state index in [0.717, 1.165) is 0 Å². The summed E-state index contributed by atoms with van der Waals surface area (Å²) >= 11 is 0. The fourth-order valence-electron chi connectivity index (χ4n) is 1.84. The molecule has 2 N–H and O–H groups in total. The van der Waals surface area contributed by atoms with Crippen molar-refractivity contribution in [2.75, 3.05) is 0 Å². The predicted molar refractivity (Wildman–Crippen MR) is 51.3 cm³/mol. The van der Waals surface area contributed by atoms with E-state index in [4.69, 9.17) is 5.73 Å². The van der Waals surface area contributed by atoms with E-state index in [-0.39, 0.29) is 25.7 Å². The second kappa shape index (κ2) is 3.48. The third kappa shape index (κ3) is 2.12. The van der Waals surface area contributed by atoms with Crippen molar-refractivity contribution in [3.8, 4) is 0 Å². The number of hydrogen-bond donors (Lipinski definition) is 1. The van der Waals surface area contributed by atoms with Gasteiger partial charge in [-0.2, -0.15) is 0 Å². The Morgan fingerprint density at radius 2 is 1.60 bits per heavy atom. The van der Waals surface area contributed by atoms with Gasteiger partial charge in [0, 0.05) is 25.2 Å². The molecule has 1 heterocycles. The van der Waals surface area contributed by atoms with E-state index in [1.807, 2.05) is 0 Å². The van der Waals surface area contributed by atoms with Crippen LogP contribution in [0, 0.1) is 0 Å². The van der Waals surface area contributed by atoms with Crippen molar-refractivity contribution in [3.63, 3.8) is 0 Å². The van der Waals surface area contributed by atoms with Crippen LogP contribution >= 0.6 is 0 Å². The van der Waals surface area contributed by atoms with Crippen molar-refractivity contribution in [1.29, 1.82) is 0 Å². The van der Waals surface area contributed by atoms with Crippen LogP contribution in [-0.4, -0.2) is 15.9 Å². The molecule has 1 aromatic heterocycles. The lowest BCUT2D eigenvalue weighted by molar-refractivity contribution is -0.0524. The van der Waals surface area contributed by atoms with Gasteiger partial charge >= 0.3 is 0 Å². The Kier molecular flexibility index (Phi) is 2.42. The highest BCUT2D eigenvalue weighted by atomic mass is 19.3. The zero-order chi connectivity index (χ0) is 10.9. The maximum absolute atomic E-state index is 13.0. The molecule has 3 nitrogen and oxygen atoms in total. The molecular formula is C10H13F2N3. The van der Waals surface area contributed by atoms with Gasteiger partial charge in [-0.25, -0.2) is 18.7 Å². The second-order valence-corrected chi connectivity index (χ2v) is 4.08. The summed E-state index contributed by atoms with van der Waals surface area (Å²) in [5.74, 6) is -2.10. The Morgan fingerprint density at radius 3 is 2.13 bits per heavy atom. The molecule has 0 radical (unpaired) electrons. The molecule has 0 unspecified atom stereocenters. The van der Waals surface area contributed by atoms with Crippen molar-refractivity contribution >= 4 is 0 Å². The Balaban J connectivity index is 2.17. The van der Waals surface area contributed by atoms with Crippen molar-refractivity contribution in [2.24, 2.45) is 5.73 Å². The molecule has 1 aliphatic rings. The maximum Gasteiger partial charge on any atom is 0.248 e. The Labute approximate surface area is 86.7 Å². The molecule has 1 aliphatic carbocycles. The zero-order valence-electron chi connectivity index (χ0n) is 8.29. The van der Waals surface area contributed by atoms with Gasteiger partial charge in [0.1, 0.15) is 5.82 Å². The summed E-state index contributed by atoms with van der Waals surface area (Å²) < 4.78 is 25.9. The first-order valence-electron chi connectivity index (χ1n) is 4.96. The summed E-state index contributed by atoms with van der Waals surface area (Å²) in [6.07, 6.45) is 3.30. The molecule has 5 heteroatoms. The first kappa shape index (κ1) is 10.4. The van der Waals surface area contributed by atoms with E-state index in [1.54, 1.807) is 18.5 Å². The largest absolute Gasteiger partial charge is 0.319 e. The summed E-state index contributed by atoms with van der Waals surface area (Å²) in [6.45, 7) is 0. The summed E-state index contributed by atoms with van der Waals surface area (Å²) in [7, 11) is 0. The zero-order valence-corrected chi connectivity index (χ0v) is 8.29. The molecule has 1 aromatic rings. The summed E-state index contributed by atoms with van der Waals surface area (Å²) in [6, 6.07) is 1.68. The van der Waals surface area contributed by atoms with Crippen LogP contribution in [0.4, 0.5) is 8.78 Å². The molecule has 0 saturated heterocycles. The van der Waals surface area contributed by atoms with Gasteiger partial charge in [-0.1, -0.05) is 0 Å². The van der Waals surface area contributed by atoms with Crippen molar-refractivity contribution in [2.45, 2.75) is 37.1 Å². The summed E-state index contributed by atoms with van der Waals surface area (Å²) in [4.78, 5) is 8.08. The molecule has 82 valence electrons. The van der Waals surface area contributed by atoms with Crippen LogP contribution in [0.3, 0.4) is 0 Å². The van der Waals surface area contributed by atoms with Gasteiger partial charge in [0.25, 0.3) is 0 Å².